The Bertz CT molecular complexity index is 187. The molecule has 2 heteroatoms. The lowest BCUT2D eigenvalue weighted by Gasteiger charge is -2.22. The molecule has 1 unspecified atom stereocenters. The molecule has 0 aromatic carbocycles. The van der Waals surface area contributed by atoms with Gasteiger partial charge in [0.25, 0.3) is 0 Å². The van der Waals surface area contributed by atoms with Crippen LogP contribution in [-0.2, 0) is 4.79 Å². The summed E-state index contributed by atoms with van der Waals surface area (Å²) in [5.74, 6) is 2.07. The van der Waals surface area contributed by atoms with Gasteiger partial charge in [-0.3, -0.25) is 4.79 Å². The van der Waals surface area contributed by atoms with Gasteiger partial charge in [-0.15, -0.1) is 6.42 Å². The van der Waals surface area contributed by atoms with Gasteiger partial charge in [0.2, 0.25) is 5.78 Å². The molecule has 1 atom stereocenters. The number of Topliss-reactive ketones (excluding diaryl/α,β-unsaturated/α-hetero) is 1. The Hall–Kier alpha value is -0.810. The molecule has 1 aliphatic heterocycles. The summed E-state index contributed by atoms with van der Waals surface area (Å²) in [5, 5.41) is 3.38. The Morgan fingerprint density at radius 3 is 3.00 bits per heavy atom. The molecule has 12 heavy (non-hydrogen) atoms. The molecular weight excluding hydrogens is 150 g/mol. The van der Waals surface area contributed by atoms with Gasteiger partial charge >= 0.3 is 0 Å². The normalized spacial score (nSPS) is 23.1. The number of rotatable bonds is 3. The fourth-order valence-corrected chi connectivity index (χ4v) is 1.55. The first-order valence-corrected chi connectivity index (χ1v) is 4.56. The maximum atomic E-state index is 10.8. The molecule has 66 valence electrons. The summed E-state index contributed by atoms with van der Waals surface area (Å²) in [7, 11) is 0. The first-order chi connectivity index (χ1) is 5.83. The number of hydrogen-bond acceptors (Lipinski definition) is 2. The van der Waals surface area contributed by atoms with E-state index in [1.165, 1.54) is 19.3 Å². The van der Waals surface area contributed by atoms with Crippen molar-refractivity contribution < 1.29 is 4.79 Å². The zero-order chi connectivity index (χ0) is 8.81. The van der Waals surface area contributed by atoms with Crippen molar-refractivity contribution in [3.8, 4) is 12.3 Å². The zero-order valence-electron chi connectivity index (χ0n) is 7.31. The summed E-state index contributed by atoms with van der Waals surface area (Å²) in [6, 6.07) is 0.524. The van der Waals surface area contributed by atoms with Crippen molar-refractivity contribution in [1.29, 1.82) is 0 Å². The minimum atomic E-state index is -0.0672. The summed E-state index contributed by atoms with van der Waals surface area (Å²) < 4.78 is 0. The molecule has 1 aliphatic rings. The SMILES string of the molecule is C#CC(=O)CCC1CCCCN1. The summed E-state index contributed by atoms with van der Waals surface area (Å²) in [6.07, 6.45) is 10.1. The number of carbonyl (C=O) groups excluding carboxylic acids is 1. The van der Waals surface area contributed by atoms with Crippen molar-refractivity contribution in [2.45, 2.75) is 38.1 Å². The number of piperidine rings is 1. The minimum absolute atomic E-state index is 0.0672. The highest BCUT2D eigenvalue weighted by Crippen LogP contribution is 2.11. The van der Waals surface area contributed by atoms with Gasteiger partial charge in [0.1, 0.15) is 0 Å². The second kappa shape index (κ2) is 4.95. The third kappa shape index (κ3) is 3.06. The fourth-order valence-electron chi connectivity index (χ4n) is 1.55. The van der Waals surface area contributed by atoms with Crippen molar-refractivity contribution in [3.05, 3.63) is 0 Å². The van der Waals surface area contributed by atoms with Gasteiger partial charge in [-0.1, -0.05) is 6.42 Å². The summed E-state index contributed by atoms with van der Waals surface area (Å²) >= 11 is 0. The maximum Gasteiger partial charge on any atom is 0.205 e. The fraction of sp³-hybridized carbons (Fsp3) is 0.700. The topological polar surface area (TPSA) is 29.1 Å². The Morgan fingerprint density at radius 1 is 1.58 bits per heavy atom. The number of carbonyl (C=O) groups is 1. The predicted octanol–water partition coefficient (Wildman–Crippen LogP) is 1.11. The van der Waals surface area contributed by atoms with E-state index in [9.17, 15) is 4.79 Å². The highest BCUT2D eigenvalue weighted by molar-refractivity contribution is 5.94. The van der Waals surface area contributed by atoms with Crippen LogP contribution in [0.5, 0.6) is 0 Å². The molecule has 1 rings (SSSR count). The van der Waals surface area contributed by atoms with Crippen LogP contribution in [0, 0.1) is 12.3 Å². The van der Waals surface area contributed by atoms with Crippen LogP contribution in [0.15, 0.2) is 0 Å². The molecular formula is C10H15NO. The Kier molecular flexibility index (Phi) is 3.83. The molecule has 1 fully saturated rings. The molecule has 0 aromatic heterocycles. The van der Waals surface area contributed by atoms with E-state index in [1.807, 2.05) is 0 Å². The van der Waals surface area contributed by atoms with E-state index in [4.69, 9.17) is 6.42 Å². The lowest BCUT2D eigenvalue weighted by atomic mass is 9.99. The molecule has 1 N–H and O–H groups in total. The highest BCUT2D eigenvalue weighted by Gasteiger charge is 2.12. The van der Waals surface area contributed by atoms with Gasteiger partial charge in [-0.2, -0.15) is 0 Å². The number of nitrogens with one attached hydrogen (secondary N) is 1. The second-order valence-corrected chi connectivity index (χ2v) is 3.25. The van der Waals surface area contributed by atoms with E-state index < -0.39 is 0 Å². The van der Waals surface area contributed by atoms with E-state index in [2.05, 4.69) is 11.2 Å². The Labute approximate surface area is 73.7 Å². The molecule has 0 amide bonds. The summed E-state index contributed by atoms with van der Waals surface area (Å²) in [5.41, 5.74) is 0. The van der Waals surface area contributed by atoms with E-state index in [0.717, 1.165) is 13.0 Å². The predicted molar refractivity (Wildman–Crippen MR) is 48.7 cm³/mol. The summed E-state index contributed by atoms with van der Waals surface area (Å²) in [6.45, 7) is 1.09. The molecule has 0 saturated carbocycles. The van der Waals surface area contributed by atoms with Crippen molar-refractivity contribution in [1.82, 2.24) is 5.32 Å². The number of ketones is 1. The quantitative estimate of drug-likeness (QED) is 0.501. The monoisotopic (exact) mass is 165 g/mol. The van der Waals surface area contributed by atoms with Crippen LogP contribution in [-0.4, -0.2) is 18.4 Å². The molecule has 1 saturated heterocycles. The van der Waals surface area contributed by atoms with Crippen LogP contribution in [0.4, 0.5) is 0 Å². The van der Waals surface area contributed by atoms with Crippen LogP contribution in [0.25, 0.3) is 0 Å². The average molecular weight is 165 g/mol. The van der Waals surface area contributed by atoms with Crippen molar-refractivity contribution in [2.24, 2.45) is 0 Å². The van der Waals surface area contributed by atoms with Gasteiger partial charge in [0.05, 0.1) is 0 Å². The van der Waals surface area contributed by atoms with Gasteiger partial charge in [-0.05, 0) is 31.7 Å². The highest BCUT2D eigenvalue weighted by atomic mass is 16.1. The molecule has 0 bridgehead atoms. The van der Waals surface area contributed by atoms with E-state index in [1.54, 1.807) is 0 Å². The van der Waals surface area contributed by atoms with Crippen molar-refractivity contribution in [2.75, 3.05) is 6.54 Å². The summed E-state index contributed by atoms with van der Waals surface area (Å²) in [4.78, 5) is 10.8. The van der Waals surface area contributed by atoms with E-state index in [0.29, 0.717) is 12.5 Å². The first kappa shape index (κ1) is 9.28. The molecule has 2 nitrogen and oxygen atoms in total. The van der Waals surface area contributed by atoms with Crippen LogP contribution in [0.2, 0.25) is 0 Å². The maximum absolute atomic E-state index is 10.8. The van der Waals surface area contributed by atoms with Gasteiger partial charge in [-0.25, -0.2) is 0 Å². The van der Waals surface area contributed by atoms with Crippen LogP contribution >= 0.6 is 0 Å². The van der Waals surface area contributed by atoms with E-state index in [-0.39, 0.29) is 5.78 Å². The van der Waals surface area contributed by atoms with Crippen molar-refractivity contribution in [3.63, 3.8) is 0 Å². The van der Waals surface area contributed by atoms with Gasteiger partial charge in [0.15, 0.2) is 0 Å². The molecule has 1 heterocycles. The zero-order valence-corrected chi connectivity index (χ0v) is 7.31. The lowest BCUT2D eigenvalue weighted by molar-refractivity contribution is -0.114. The molecule has 0 radical (unpaired) electrons. The second-order valence-electron chi connectivity index (χ2n) is 3.25. The average Bonchev–Trinajstić information content (AvgIpc) is 2.16. The molecule has 0 spiro atoms. The third-order valence-electron chi connectivity index (χ3n) is 2.29. The smallest absolute Gasteiger partial charge is 0.205 e. The van der Waals surface area contributed by atoms with Crippen molar-refractivity contribution >= 4 is 5.78 Å². The Balaban J connectivity index is 2.14. The minimum Gasteiger partial charge on any atom is -0.314 e. The largest absolute Gasteiger partial charge is 0.314 e. The van der Waals surface area contributed by atoms with Gasteiger partial charge in [0, 0.05) is 12.5 Å². The number of terminal acetylenes is 1. The number of hydrogen-bond donors (Lipinski definition) is 1. The first-order valence-electron chi connectivity index (χ1n) is 4.56. The van der Waals surface area contributed by atoms with Crippen LogP contribution < -0.4 is 5.32 Å². The molecule has 0 aliphatic carbocycles. The van der Waals surface area contributed by atoms with Crippen LogP contribution in [0.1, 0.15) is 32.1 Å². The van der Waals surface area contributed by atoms with E-state index >= 15 is 0 Å². The Morgan fingerprint density at radius 2 is 2.42 bits per heavy atom. The standard InChI is InChI=1S/C10H15NO/c1-2-10(12)7-6-9-5-3-4-8-11-9/h1,9,11H,3-8H2. The molecule has 0 aromatic rings. The third-order valence-corrected chi connectivity index (χ3v) is 2.29. The lowest BCUT2D eigenvalue weighted by Crippen LogP contribution is -2.34. The van der Waals surface area contributed by atoms with Crippen LogP contribution in [0.3, 0.4) is 0 Å². The van der Waals surface area contributed by atoms with Gasteiger partial charge < -0.3 is 5.32 Å².